The van der Waals surface area contributed by atoms with Gasteiger partial charge in [-0.3, -0.25) is 4.98 Å². The standard InChI is InChI=1S/C16H22N2O2/c1-5-13-7-6-12-8-10-18(11-9-14(12)17-13)15(19)20-16(2,3)4/h5-7H,1,8-11H2,2-4H3. The van der Waals surface area contributed by atoms with Gasteiger partial charge in [0, 0.05) is 25.2 Å². The molecule has 0 aliphatic carbocycles. The summed E-state index contributed by atoms with van der Waals surface area (Å²) in [6, 6.07) is 4.05. The van der Waals surface area contributed by atoms with Crippen LogP contribution in [0.15, 0.2) is 18.7 Å². The Hall–Kier alpha value is -1.84. The highest BCUT2D eigenvalue weighted by atomic mass is 16.6. The molecule has 0 fully saturated rings. The molecule has 0 radical (unpaired) electrons. The number of nitrogens with zero attached hydrogens (tertiary/aromatic N) is 2. The summed E-state index contributed by atoms with van der Waals surface area (Å²) in [6.07, 6.45) is 3.08. The lowest BCUT2D eigenvalue weighted by atomic mass is 10.1. The lowest BCUT2D eigenvalue weighted by Crippen LogP contribution is -2.38. The van der Waals surface area contributed by atoms with Crippen molar-refractivity contribution in [3.8, 4) is 0 Å². The van der Waals surface area contributed by atoms with E-state index in [0.717, 1.165) is 24.2 Å². The Bertz CT molecular complexity index is 518. The van der Waals surface area contributed by atoms with Crippen molar-refractivity contribution in [2.75, 3.05) is 13.1 Å². The molecule has 20 heavy (non-hydrogen) atoms. The van der Waals surface area contributed by atoms with E-state index in [1.165, 1.54) is 5.56 Å². The Morgan fingerprint density at radius 3 is 2.70 bits per heavy atom. The number of fused-ring (bicyclic) bond motifs is 1. The quantitative estimate of drug-likeness (QED) is 0.790. The second-order valence-electron chi connectivity index (χ2n) is 6.01. The van der Waals surface area contributed by atoms with Crippen LogP contribution in [0.1, 0.15) is 37.7 Å². The first-order valence-electron chi connectivity index (χ1n) is 6.98. The molecular weight excluding hydrogens is 252 g/mol. The minimum Gasteiger partial charge on any atom is -0.444 e. The van der Waals surface area contributed by atoms with E-state index < -0.39 is 5.60 Å². The van der Waals surface area contributed by atoms with Crippen LogP contribution < -0.4 is 0 Å². The monoisotopic (exact) mass is 274 g/mol. The van der Waals surface area contributed by atoms with Gasteiger partial charge in [-0.25, -0.2) is 4.79 Å². The fourth-order valence-corrected chi connectivity index (χ4v) is 2.22. The van der Waals surface area contributed by atoms with E-state index in [0.29, 0.717) is 13.1 Å². The van der Waals surface area contributed by atoms with E-state index in [1.807, 2.05) is 26.8 Å². The van der Waals surface area contributed by atoms with Crippen molar-refractivity contribution >= 4 is 12.2 Å². The van der Waals surface area contributed by atoms with Gasteiger partial charge < -0.3 is 9.64 Å². The first-order chi connectivity index (χ1) is 9.39. The molecule has 1 aromatic heterocycles. The third-order valence-corrected chi connectivity index (χ3v) is 3.22. The molecule has 0 spiro atoms. The maximum atomic E-state index is 12.1. The van der Waals surface area contributed by atoms with Gasteiger partial charge in [-0.2, -0.15) is 0 Å². The molecule has 4 heteroatoms. The number of aromatic nitrogens is 1. The molecule has 1 aromatic rings. The van der Waals surface area contributed by atoms with Crippen LogP contribution in [0.4, 0.5) is 4.79 Å². The van der Waals surface area contributed by atoms with Crippen molar-refractivity contribution in [2.45, 2.75) is 39.2 Å². The fourth-order valence-electron chi connectivity index (χ4n) is 2.22. The fraction of sp³-hybridized carbons (Fsp3) is 0.500. The minimum absolute atomic E-state index is 0.241. The number of carbonyl (C=O) groups excluding carboxylic acids is 1. The van der Waals surface area contributed by atoms with Gasteiger partial charge in [0.1, 0.15) is 5.60 Å². The first-order valence-corrected chi connectivity index (χ1v) is 6.98. The number of hydrogen-bond donors (Lipinski definition) is 0. The summed E-state index contributed by atoms with van der Waals surface area (Å²) in [5, 5.41) is 0. The molecule has 1 amide bonds. The highest BCUT2D eigenvalue weighted by Gasteiger charge is 2.24. The van der Waals surface area contributed by atoms with Gasteiger partial charge in [-0.15, -0.1) is 0 Å². The van der Waals surface area contributed by atoms with E-state index in [4.69, 9.17) is 4.74 Å². The van der Waals surface area contributed by atoms with Gasteiger partial charge >= 0.3 is 6.09 Å². The summed E-state index contributed by atoms with van der Waals surface area (Å²) in [6.45, 7) is 10.7. The summed E-state index contributed by atoms with van der Waals surface area (Å²) in [5.41, 5.74) is 2.70. The van der Waals surface area contributed by atoms with Crippen LogP contribution in [0.3, 0.4) is 0 Å². The van der Waals surface area contributed by atoms with Crippen LogP contribution in [-0.2, 0) is 17.6 Å². The van der Waals surface area contributed by atoms with Crippen molar-refractivity contribution in [2.24, 2.45) is 0 Å². The highest BCUT2D eigenvalue weighted by Crippen LogP contribution is 2.17. The zero-order valence-electron chi connectivity index (χ0n) is 12.5. The van der Waals surface area contributed by atoms with Crippen LogP contribution in [0, 0.1) is 0 Å². The second kappa shape index (κ2) is 5.65. The van der Waals surface area contributed by atoms with Crippen molar-refractivity contribution in [3.63, 3.8) is 0 Å². The van der Waals surface area contributed by atoms with Crippen molar-refractivity contribution in [1.82, 2.24) is 9.88 Å². The normalized spacial score (nSPS) is 15.2. The van der Waals surface area contributed by atoms with Gasteiger partial charge in [0.05, 0.1) is 5.69 Å². The first kappa shape index (κ1) is 14.6. The van der Waals surface area contributed by atoms with Crippen molar-refractivity contribution in [3.05, 3.63) is 35.7 Å². The molecule has 2 heterocycles. The average molecular weight is 274 g/mol. The maximum Gasteiger partial charge on any atom is 0.410 e. The van der Waals surface area contributed by atoms with Crippen LogP contribution in [0.5, 0.6) is 0 Å². The van der Waals surface area contributed by atoms with Gasteiger partial charge in [0.2, 0.25) is 0 Å². The molecule has 0 atom stereocenters. The largest absolute Gasteiger partial charge is 0.444 e. The van der Waals surface area contributed by atoms with Gasteiger partial charge in [-0.05, 0) is 44.9 Å². The van der Waals surface area contributed by atoms with E-state index in [1.54, 1.807) is 11.0 Å². The van der Waals surface area contributed by atoms with Crippen molar-refractivity contribution < 1.29 is 9.53 Å². The van der Waals surface area contributed by atoms with Crippen LogP contribution in [0.25, 0.3) is 6.08 Å². The molecule has 108 valence electrons. The van der Waals surface area contributed by atoms with Gasteiger partial charge in [-0.1, -0.05) is 12.6 Å². The second-order valence-corrected chi connectivity index (χ2v) is 6.01. The average Bonchev–Trinajstić information content (AvgIpc) is 2.58. The summed E-state index contributed by atoms with van der Waals surface area (Å²) < 4.78 is 5.43. The third-order valence-electron chi connectivity index (χ3n) is 3.22. The number of rotatable bonds is 1. The Kier molecular flexibility index (Phi) is 4.12. The zero-order valence-corrected chi connectivity index (χ0v) is 12.5. The molecule has 2 rings (SSSR count). The Morgan fingerprint density at radius 1 is 1.35 bits per heavy atom. The number of pyridine rings is 1. The minimum atomic E-state index is -0.454. The molecular formula is C16H22N2O2. The van der Waals surface area contributed by atoms with Crippen LogP contribution in [-0.4, -0.2) is 34.7 Å². The maximum absolute atomic E-state index is 12.1. The summed E-state index contributed by atoms with van der Waals surface area (Å²) >= 11 is 0. The van der Waals surface area contributed by atoms with E-state index in [2.05, 4.69) is 17.6 Å². The molecule has 1 aliphatic heterocycles. The molecule has 0 saturated carbocycles. The SMILES string of the molecule is C=Cc1ccc2c(n1)CCN(C(=O)OC(C)(C)C)CC2. The molecule has 0 unspecified atom stereocenters. The Balaban J connectivity index is 2.08. The summed E-state index contributed by atoms with van der Waals surface area (Å²) in [5.74, 6) is 0. The van der Waals surface area contributed by atoms with Gasteiger partial charge in [0.25, 0.3) is 0 Å². The molecule has 0 N–H and O–H groups in total. The topological polar surface area (TPSA) is 42.4 Å². The predicted octanol–water partition coefficient (Wildman–Crippen LogP) is 3.06. The number of ether oxygens (including phenoxy) is 1. The number of hydrogen-bond acceptors (Lipinski definition) is 3. The highest BCUT2D eigenvalue weighted by molar-refractivity contribution is 5.68. The lowest BCUT2D eigenvalue weighted by molar-refractivity contribution is 0.0258. The molecule has 0 bridgehead atoms. The Labute approximate surface area is 120 Å². The summed E-state index contributed by atoms with van der Waals surface area (Å²) in [7, 11) is 0. The third kappa shape index (κ3) is 3.59. The number of carbonyl (C=O) groups is 1. The van der Waals surface area contributed by atoms with Crippen LogP contribution in [0.2, 0.25) is 0 Å². The van der Waals surface area contributed by atoms with E-state index in [9.17, 15) is 4.79 Å². The molecule has 0 saturated heterocycles. The predicted molar refractivity (Wildman–Crippen MR) is 79.5 cm³/mol. The Morgan fingerprint density at radius 2 is 2.05 bits per heavy atom. The smallest absolute Gasteiger partial charge is 0.410 e. The summed E-state index contributed by atoms with van der Waals surface area (Å²) in [4.78, 5) is 18.4. The zero-order chi connectivity index (χ0) is 14.8. The van der Waals surface area contributed by atoms with Gasteiger partial charge in [0.15, 0.2) is 0 Å². The van der Waals surface area contributed by atoms with E-state index >= 15 is 0 Å². The lowest BCUT2D eigenvalue weighted by Gasteiger charge is -2.26. The number of amides is 1. The van der Waals surface area contributed by atoms with Crippen molar-refractivity contribution in [1.29, 1.82) is 0 Å². The molecule has 0 aromatic carbocycles. The molecule has 1 aliphatic rings. The van der Waals surface area contributed by atoms with Crippen LogP contribution >= 0.6 is 0 Å². The van der Waals surface area contributed by atoms with E-state index in [-0.39, 0.29) is 6.09 Å². The molecule has 4 nitrogen and oxygen atoms in total.